The van der Waals surface area contributed by atoms with Crippen LogP contribution >= 0.6 is 0 Å². The van der Waals surface area contributed by atoms with Crippen LogP contribution in [0.4, 0.5) is 0 Å². The highest BCUT2D eigenvalue weighted by molar-refractivity contribution is 7.91. The number of hydrogen-bond acceptors (Lipinski definition) is 6. The second-order valence-corrected chi connectivity index (χ2v) is 7.75. The van der Waals surface area contributed by atoms with Gasteiger partial charge < -0.3 is 9.47 Å². The van der Waals surface area contributed by atoms with E-state index in [9.17, 15) is 18.0 Å². The van der Waals surface area contributed by atoms with E-state index < -0.39 is 21.1 Å². The largest absolute Gasteiger partial charge is 0.486 e. The minimum absolute atomic E-state index is 0.115. The van der Waals surface area contributed by atoms with Gasteiger partial charge in [-0.15, -0.1) is 0 Å². The average Bonchev–Trinajstić information content (AvgIpc) is 2.81. The normalized spacial score (nSPS) is 17.2. The Morgan fingerprint density at radius 2 is 1.88 bits per heavy atom. The summed E-state index contributed by atoms with van der Waals surface area (Å²) >= 11 is 0. The molecule has 130 valence electrons. The molecule has 1 atom stereocenters. The minimum Gasteiger partial charge on any atom is -0.486 e. The first-order valence-corrected chi connectivity index (χ1v) is 9.14. The SMILES string of the molecule is COC(=O)c1ccc2c(c1)C(S(=O)(=O)c1ccccc1)CC(=O)CO2. The van der Waals surface area contributed by atoms with Crippen molar-refractivity contribution in [3.63, 3.8) is 0 Å². The van der Waals surface area contributed by atoms with E-state index in [1.807, 2.05) is 0 Å². The van der Waals surface area contributed by atoms with Gasteiger partial charge in [0, 0.05) is 12.0 Å². The number of ketones is 1. The Labute approximate surface area is 145 Å². The molecule has 7 heteroatoms. The first kappa shape index (κ1) is 17.2. The predicted molar refractivity (Wildman–Crippen MR) is 89.3 cm³/mol. The zero-order valence-corrected chi connectivity index (χ0v) is 14.3. The van der Waals surface area contributed by atoms with Crippen molar-refractivity contribution in [3.8, 4) is 5.75 Å². The van der Waals surface area contributed by atoms with Crippen molar-refractivity contribution >= 4 is 21.6 Å². The molecule has 0 spiro atoms. The van der Waals surface area contributed by atoms with Gasteiger partial charge in [-0.25, -0.2) is 13.2 Å². The fraction of sp³-hybridized carbons (Fsp3) is 0.222. The van der Waals surface area contributed by atoms with Gasteiger partial charge in [0.25, 0.3) is 0 Å². The molecule has 25 heavy (non-hydrogen) atoms. The Bertz CT molecular complexity index is 918. The van der Waals surface area contributed by atoms with E-state index >= 15 is 0 Å². The topological polar surface area (TPSA) is 86.7 Å². The van der Waals surface area contributed by atoms with Crippen LogP contribution in [0.2, 0.25) is 0 Å². The number of carbonyl (C=O) groups excluding carboxylic acids is 2. The van der Waals surface area contributed by atoms with Gasteiger partial charge in [-0.05, 0) is 30.3 Å². The van der Waals surface area contributed by atoms with E-state index in [-0.39, 0.29) is 40.6 Å². The van der Waals surface area contributed by atoms with E-state index in [1.54, 1.807) is 18.2 Å². The van der Waals surface area contributed by atoms with Crippen LogP contribution in [-0.4, -0.2) is 33.9 Å². The Hall–Kier alpha value is -2.67. The lowest BCUT2D eigenvalue weighted by Crippen LogP contribution is -2.17. The average molecular weight is 360 g/mol. The van der Waals surface area contributed by atoms with Crippen LogP contribution < -0.4 is 4.74 Å². The summed E-state index contributed by atoms with van der Waals surface area (Å²) in [5.41, 5.74) is 0.491. The molecule has 3 rings (SSSR count). The Kier molecular flexibility index (Phi) is 4.59. The summed E-state index contributed by atoms with van der Waals surface area (Å²) in [4.78, 5) is 23.9. The molecule has 0 aliphatic carbocycles. The highest BCUT2D eigenvalue weighted by Gasteiger charge is 2.36. The molecule has 0 saturated heterocycles. The van der Waals surface area contributed by atoms with Crippen molar-refractivity contribution < 1.29 is 27.5 Å². The number of methoxy groups -OCH3 is 1. The van der Waals surface area contributed by atoms with E-state index in [2.05, 4.69) is 4.74 Å². The Morgan fingerprint density at radius 3 is 2.56 bits per heavy atom. The smallest absolute Gasteiger partial charge is 0.337 e. The standard InChI is InChI=1S/C18H16O6S/c1-23-18(20)12-7-8-16-15(9-12)17(10-13(19)11-24-16)25(21,22)14-5-3-2-4-6-14/h2-9,17H,10-11H2,1H3. The lowest BCUT2D eigenvalue weighted by atomic mass is 10.0. The lowest BCUT2D eigenvalue weighted by molar-refractivity contribution is -0.120. The molecule has 0 N–H and O–H groups in total. The van der Waals surface area contributed by atoms with Gasteiger partial charge in [-0.2, -0.15) is 0 Å². The number of fused-ring (bicyclic) bond motifs is 1. The number of esters is 1. The van der Waals surface area contributed by atoms with Crippen LogP contribution in [0.15, 0.2) is 53.4 Å². The van der Waals surface area contributed by atoms with Crippen molar-refractivity contribution in [2.24, 2.45) is 0 Å². The molecule has 6 nitrogen and oxygen atoms in total. The molecule has 0 radical (unpaired) electrons. The summed E-state index contributed by atoms with van der Waals surface area (Å²) in [5, 5.41) is -1.12. The molecule has 1 heterocycles. The number of hydrogen-bond donors (Lipinski definition) is 0. The third-order valence-electron chi connectivity index (χ3n) is 4.03. The van der Waals surface area contributed by atoms with Crippen LogP contribution in [0.1, 0.15) is 27.6 Å². The number of rotatable bonds is 3. The van der Waals surface area contributed by atoms with Crippen LogP contribution in [0.25, 0.3) is 0 Å². The summed E-state index contributed by atoms with van der Waals surface area (Å²) in [7, 11) is -2.59. The monoisotopic (exact) mass is 360 g/mol. The molecule has 0 amide bonds. The second kappa shape index (κ2) is 6.68. The number of benzene rings is 2. The van der Waals surface area contributed by atoms with Gasteiger partial charge in [0.05, 0.1) is 17.6 Å². The van der Waals surface area contributed by atoms with Crippen molar-refractivity contribution in [2.75, 3.05) is 13.7 Å². The van der Waals surface area contributed by atoms with Gasteiger partial charge in [0.15, 0.2) is 15.6 Å². The second-order valence-electron chi connectivity index (χ2n) is 5.62. The maximum atomic E-state index is 13.1. The van der Waals surface area contributed by atoms with Crippen LogP contribution in [0.3, 0.4) is 0 Å². The summed E-state index contributed by atoms with van der Waals surface area (Å²) < 4.78 is 36.3. The molecule has 0 aromatic heterocycles. The molecular formula is C18H16O6S. The molecule has 1 unspecified atom stereocenters. The van der Waals surface area contributed by atoms with Crippen LogP contribution in [-0.2, 0) is 19.4 Å². The quantitative estimate of drug-likeness (QED) is 0.781. The van der Waals surface area contributed by atoms with E-state index in [0.29, 0.717) is 0 Å². The van der Waals surface area contributed by atoms with Crippen molar-refractivity contribution in [3.05, 3.63) is 59.7 Å². The lowest BCUT2D eigenvalue weighted by Gasteiger charge is -2.17. The zero-order valence-electron chi connectivity index (χ0n) is 13.5. The van der Waals surface area contributed by atoms with Crippen LogP contribution in [0, 0.1) is 0 Å². The Balaban J connectivity index is 2.16. The molecule has 0 fully saturated rings. The number of Topliss-reactive ketones (excluding diaryl/α,β-unsaturated/α-hetero) is 1. The van der Waals surface area contributed by atoms with E-state index in [4.69, 9.17) is 4.74 Å². The van der Waals surface area contributed by atoms with Crippen molar-refractivity contribution in [1.82, 2.24) is 0 Å². The maximum absolute atomic E-state index is 13.1. The fourth-order valence-electron chi connectivity index (χ4n) is 2.76. The summed E-state index contributed by atoms with van der Waals surface area (Å²) in [5.74, 6) is -0.627. The molecular weight excluding hydrogens is 344 g/mol. The van der Waals surface area contributed by atoms with Gasteiger partial charge in [-0.1, -0.05) is 18.2 Å². The molecule has 2 aromatic carbocycles. The van der Waals surface area contributed by atoms with Crippen molar-refractivity contribution in [1.29, 1.82) is 0 Å². The third kappa shape index (κ3) is 3.28. The Morgan fingerprint density at radius 1 is 1.16 bits per heavy atom. The summed E-state index contributed by atoms with van der Waals surface area (Å²) in [6.07, 6.45) is -0.213. The maximum Gasteiger partial charge on any atom is 0.337 e. The summed E-state index contributed by atoms with van der Waals surface area (Å²) in [6, 6.07) is 12.3. The van der Waals surface area contributed by atoms with Crippen LogP contribution in [0.5, 0.6) is 5.75 Å². The third-order valence-corrected chi connectivity index (χ3v) is 6.12. The van der Waals surface area contributed by atoms with E-state index in [1.165, 1.54) is 37.4 Å². The zero-order chi connectivity index (χ0) is 18.0. The van der Waals surface area contributed by atoms with Gasteiger partial charge in [0.2, 0.25) is 0 Å². The fourth-order valence-corrected chi connectivity index (χ4v) is 4.55. The highest BCUT2D eigenvalue weighted by Crippen LogP contribution is 2.39. The molecule has 0 bridgehead atoms. The highest BCUT2D eigenvalue weighted by atomic mass is 32.2. The number of carbonyl (C=O) groups is 2. The van der Waals surface area contributed by atoms with Gasteiger partial charge >= 0.3 is 5.97 Å². The molecule has 0 saturated carbocycles. The summed E-state index contributed by atoms with van der Waals surface area (Å²) in [6.45, 7) is -0.203. The first-order valence-electron chi connectivity index (χ1n) is 7.59. The van der Waals surface area contributed by atoms with Gasteiger partial charge in [-0.3, -0.25) is 4.79 Å². The molecule has 1 aliphatic rings. The van der Waals surface area contributed by atoms with Gasteiger partial charge in [0.1, 0.15) is 17.6 Å². The molecule has 1 aliphatic heterocycles. The van der Waals surface area contributed by atoms with Crippen molar-refractivity contribution in [2.45, 2.75) is 16.6 Å². The van der Waals surface area contributed by atoms with E-state index in [0.717, 1.165) is 0 Å². The number of ether oxygens (including phenoxy) is 2. The minimum atomic E-state index is -3.83. The predicted octanol–water partition coefficient (Wildman–Crippen LogP) is 2.34. The number of sulfone groups is 1. The first-order chi connectivity index (χ1) is 11.9. The molecule has 2 aromatic rings.